The van der Waals surface area contributed by atoms with Crippen molar-refractivity contribution in [3.8, 4) is 5.75 Å². The molecule has 0 aromatic heterocycles. The van der Waals surface area contributed by atoms with E-state index in [2.05, 4.69) is 4.90 Å². The van der Waals surface area contributed by atoms with Gasteiger partial charge in [-0.25, -0.2) is 0 Å². The van der Waals surface area contributed by atoms with E-state index in [0.29, 0.717) is 23.1 Å². The van der Waals surface area contributed by atoms with Crippen LogP contribution >= 0.6 is 11.6 Å². The van der Waals surface area contributed by atoms with Crippen molar-refractivity contribution in [2.45, 2.75) is 6.42 Å². The summed E-state index contributed by atoms with van der Waals surface area (Å²) in [4.78, 5) is 16.8. The van der Waals surface area contributed by atoms with Crippen molar-refractivity contribution in [1.82, 2.24) is 4.90 Å². The number of hydrogen-bond acceptors (Lipinski definition) is 3. The average Bonchev–Trinajstić information content (AvgIpc) is 2.59. The maximum atomic E-state index is 12.9. The SMILES string of the molecule is CN(C)CCCN1C(=O)/C(=C/c2ccc(Cl)cc2)Oc2ccccc21. The predicted molar refractivity (Wildman–Crippen MR) is 102 cm³/mol. The van der Waals surface area contributed by atoms with Gasteiger partial charge in [0.05, 0.1) is 5.69 Å². The summed E-state index contributed by atoms with van der Waals surface area (Å²) in [7, 11) is 4.06. The molecule has 25 heavy (non-hydrogen) atoms. The number of fused-ring (bicyclic) bond motifs is 1. The van der Waals surface area contributed by atoms with Crippen LogP contribution in [0.25, 0.3) is 6.08 Å². The van der Waals surface area contributed by atoms with E-state index >= 15 is 0 Å². The molecule has 2 aromatic rings. The highest BCUT2D eigenvalue weighted by molar-refractivity contribution is 6.30. The van der Waals surface area contributed by atoms with Crippen molar-refractivity contribution in [3.05, 3.63) is 64.9 Å². The molecule has 0 spiro atoms. The zero-order valence-corrected chi connectivity index (χ0v) is 15.2. The zero-order valence-electron chi connectivity index (χ0n) is 14.4. The molecule has 0 aliphatic carbocycles. The van der Waals surface area contributed by atoms with Gasteiger partial charge < -0.3 is 14.5 Å². The Balaban J connectivity index is 1.89. The maximum Gasteiger partial charge on any atom is 0.294 e. The number of hydrogen-bond donors (Lipinski definition) is 0. The number of nitrogens with zero attached hydrogens (tertiary/aromatic N) is 2. The molecular weight excluding hydrogens is 336 g/mol. The summed E-state index contributed by atoms with van der Waals surface area (Å²) >= 11 is 5.92. The summed E-state index contributed by atoms with van der Waals surface area (Å²) < 4.78 is 5.86. The number of carbonyl (C=O) groups is 1. The number of anilines is 1. The molecule has 2 aromatic carbocycles. The van der Waals surface area contributed by atoms with Gasteiger partial charge >= 0.3 is 0 Å². The summed E-state index contributed by atoms with van der Waals surface area (Å²) in [5.74, 6) is 0.908. The second kappa shape index (κ2) is 7.72. The van der Waals surface area contributed by atoms with Gasteiger partial charge in [-0.1, -0.05) is 35.9 Å². The molecule has 5 heteroatoms. The number of rotatable bonds is 5. The topological polar surface area (TPSA) is 32.8 Å². The van der Waals surface area contributed by atoms with Gasteiger partial charge in [0.1, 0.15) is 0 Å². The summed E-state index contributed by atoms with van der Waals surface area (Å²) in [6.45, 7) is 1.57. The average molecular weight is 357 g/mol. The van der Waals surface area contributed by atoms with E-state index in [0.717, 1.165) is 24.2 Å². The van der Waals surface area contributed by atoms with Crippen molar-refractivity contribution in [1.29, 1.82) is 0 Å². The molecule has 4 nitrogen and oxygen atoms in total. The molecule has 1 heterocycles. The van der Waals surface area contributed by atoms with Crippen molar-refractivity contribution >= 4 is 29.3 Å². The standard InChI is InChI=1S/C20H21ClN2O2/c1-22(2)12-5-13-23-17-6-3-4-7-18(17)25-19(20(23)24)14-15-8-10-16(21)11-9-15/h3-4,6-11,14H,5,12-13H2,1-2H3/b19-14-. The lowest BCUT2D eigenvalue weighted by Crippen LogP contribution is -2.38. The van der Waals surface area contributed by atoms with E-state index in [-0.39, 0.29) is 5.91 Å². The third-order valence-corrected chi connectivity index (χ3v) is 4.24. The molecule has 0 bridgehead atoms. The molecule has 1 aliphatic rings. The number of ether oxygens (including phenoxy) is 1. The Hall–Kier alpha value is -2.30. The summed E-state index contributed by atoms with van der Waals surface area (Å²) in [5, 5.41) is 0.661. The first-order valence-electron chi connectivity index (χ1n) is 8.25. The van der Waals surface area contributed by atoms with Crippen LogP contribution in [0.4, 0.5) is 5.69 Å². The van der Waals surface area contributed by atoms with Gasteiger partial charge in [0.2, 0.25) is 0 Å². The van der Waals surface area contributed by atoms with Gasteiger partial charge in [0, 0.05) is 11.6 Å². The van der Waals surface area contributed by atoms with Crippen LogP contribution in [-0.4, -0.2) is 38.0 Å². The molecule has 0 saturated heterocycles. The van der Waals surface area contributed by atoms with Crippen LogP contribution in [0.1, 0.15) is 12.0 Å². The number of para-hydroxylation sites is 2. The minimum atomic E-state index is -0.118. The molecular formula is C20H21ClN2O2. The molecule has 0 unspecified atom stereocenters. The Morgan fingerprint density at radius 2 is 1.84 bits per heavy atom. The second-order valence-corrected chi connectivity index (χ2v) is 6.68. The molecule has 3 rings (SSSR count). The zero-order chi connectivity index (χ0) is 17.8. The number of benzene rings is 2. The van der Waals surface area contributed by atoms with Crippen LogP contribution in [0.5, 0.6) is 5.75 Å². The van der Waals surface area contributed by atoms with E-state index in [1.54, 1.807) is 23.1 Å². The van der Waals surface area contributed by atoms with Gasteiger partial charge in [0.15, 0.2) is 11.5 Å². The first-order chi connectivity index (χ1) is 12.0. The quantitative estimate of drug-likeness (QED) is 0.757. The Bertz CT molecular complexity index is 785. The lowest BCUT2D eigenvalue weighted by Gasteiger charge is -2.30. The van der Waals surface area contributed by atoms with Crippen LogP contribution in [0.15, 0.2) is 54.3 Å². The first-order valence-corrected chi connectivity index (χ1v) is 8.63. The second-order valence-electron chi connectivity index (χ2n) is 6.24. The van der Waals surface area contributed by atoms with E-state index in [1.807, 2.05) is 50.5 Å². The number of carbonyl (C=O) groups excluding carboxylic acids is 1. The van der Waals surface area contributed by atoms with Crippen LogP contribution < -0.4 is 9.64 Å². The Morgan fingerprint density at radius 1 is 1.12 bits per heavy atom. The van der Waals surface area contributed by atoms with Crippen molar-refractivity contribution < 1.29 is 9.53 Å². The minimum absolute atomic E-state index is 0.118. The van der Waals surface area contributed by atoms with Crippen molar-refractivity contribution in [3.63, 3.8) is 0 Å². The highest BCUT2D eigenvalue weighted by atomic mass is 35.5. The monoisotopic (exact) mass is 356 g/mol. The van der Waals surface area contributed by atoms with E-state index in [9.17, 15) is 4.79 Å². The minimum Gasteiger partial charge on any atom is -0.449 e. The molecule has 1 amide bonds. The lowest BCUT2D eigenvalue weighted by molar-refractivity contribution is -0.117. The molecule has 0 N–H and O–H groups in total. The van der Waals surface area contributed by atoms with E-state index in [4.69, 9.17) is 16.3 Å². The van der Waals surface area contributed by atoms with Gasteiger partial charge in [0.25, 0.3) is 5.91 Å². The van der Waals surface area contributed by atoms with Gasteiger partial charge in [-0.2, -0.15) is 0 Å². The molecule has 0 fully saturated rings. The molecule has 0 saturated carbocycles. The summed E-state index contributed by atoms with van der Waals surface area (Å²) in [5.41, 5.74) is 1.69. The maximum absolute atomic E-state index is 12.9. The molecule has 0 atom stereocenters. The fourth-order valence-electron chi connectivity index (χ4n) is 2.74. The van der Waals surface area contributed by atoms with Crippen LogP contribution in [0.2, 0.25) is 5.02 Å². The lowest BCUT2D eigenvalue weighted by atomic mass is 10.1. The van der Waals surface area contributed by atoms with Gasteiger partial charge in [-0.05, 0) is 63.0 Å². The van der Waals surface area contributed by atoms with Gasteiger partial charge in [-0.3, -0.25) is 4.79 Å². The number of amides is 1. The van der Waals surface area contributed by atoms with Crippen molar-refractivity contribution in [2.24, 2.45) is 0 Å². The van der Waals surface area contributed by atoms with Crippen LogP contribution in [0.3, 0.4) is 0 Å². The number of halogens is 1. The summed E-state index contributed by atoms with van der Waals surface area (Å²) in [6, 6.07) is 15.0. The van der Waals surface area contributed by atoms with E-state index < -0.39 is 0 Å². The Morgan fingerprint density at radius 3 is 2.56 bits per heavy atom. The molecule has 0 radical (unpaired) electrons. The van der Waals surface area contributed by atoms with Crippen molar-refractivity contribution in [2.75, 3.05) is 32.1 Å². The van der Waals surface area contributed by atoms with Crippen LogP contribution in [-0.2, 0) is 4.79 Å². The summed E-state index contributed by atoms with van der Waals surface area (Å²) in [6.07, 6.45) is 2.65. The fourth-order valence-corrected chi connectivity index (χ4v) is 2.87. The third-order valence-electron chi connectivity index (χ3n) is 3.99. The normalized spacial score (nSPS) is 15.4. The largest absolute Gasteiger partial charge is 0.449 e. The van der Waals surface area contributed by atoms with E-state index in [1.165, 1.54) is 0 Å². The molecule has 1 aliphatic heterocycles. The smallest absolute Gasteiger partial charge is 0.294 e. The van der Waals surface area contributed by atoms with Gasteiger partial charge in [-0.15, -0.1) is 0 Å². The Kier molecular flexibility index (Phi) is 5.41. The highest BCUT2D eigenvalue weighted by Gasteiger charge is 2.29. The van der Waals surface area contributed by atoms with Crippen LogP contribution in [0, 0.1) is 0 Å². The predicted octanol–water partition coefficient (Wildman–Crippen LogP) is 4.06. The molecule has 130 valence electrons. The first kappa shape index (κ1) is 17.5. The Labute approximate surface area is 153 Å². The third kappa shape index (κ3) is 4.21. The fraction of sp³-hybridized carbons (Fsp3) is 0.250. The highest BCUT2D eigenvalue weighted by Crippen LogP contribution is 2.35.